The Hall–Kier alpha value is -3.44. The first-order valence-electron chi connectivity index (χ1n) is 10.9. The topological polar surface area (TPSA) is 61.0 Å². The molecule has 5 rings (SSSR count). The number of likely N-dealkylation sites (tertiary alicyclic amines) is 1. The first-order valence-corrected chi connectivity index (χ1v) is 10.9. The third-order valence-electron chi connectivity index (χ3n) is 6.17. The molecule has 3 aromatic carbocycles. The van der Waals surface area contributed by atoms with Gasteiger partial charge in [0.25, 0.3) is 0 Å². The number of carbonyl (C=O) groups excluding carboxylic acids is 1. The van der Waals surface area contributed by atoms with Crippen LogP contribution in [0.15, 0.2) is 79.0 Å². The summed E-state index contributed by atoms with van der Waals surface area (Å²) in [6.45, 7) is 2.81. The van der Waals surface area contributed by atoms with E-state index in [4.69, 9.17) is 0 Å². The van der Waals surface area contributed by atoms with E-state index in [0.717, 1.165) is 49.4 Å². The van der Waals surface area contributed by atoms with Crippen LogP contribution in [0.4, 0.5) is 5.69 Å². The van der Waals surface area contributed by atoms with Crippen LogP contribution < -0.4 is 5.32 Å². The van der Waals surface area contributed by atoms with Crippen molar-refractivity contribution in [3.63, 3.8) is 0 Å². The van der Waals surface area contributed by atoms with Crippen molar-refractivity contribution < 1.29 is 4.79 Å². The van der Waals surface area contributed by atoms with E-state index in [1.165, 1.54) is 16.3 Å². The van der Waals surface area contributed by atoms with E-state index >= 15 is 0 Å². The van der Waals surface area contributed by atoms with Crippen molar-refractivity contribution in [2.24, 2.45) is 5.92 Å². The summed E-state index contributed by atoms with van der Waals surface area (Å²) in [5, 5.41) is 12.7. The highest BCUT2D eigenvalue weighted by Gasteiger charge is 2.25. The van der Waals surface area contributed by atoms with E-state index in [1.807, 2.05) is 30.3 Å². The van der Waals surface area contributed by atoms with Gasteiger partial charge in [0.05, 0.1) is 5.69 Å². The van der Waals surface area contributed by atoms with E-state index < -0.39 is 0 Å². The van der Waals surface area contributed by atoms with Crippen LogP contribution >= 0.6 is 0 Å². The highest BCUT2D eigenvalue weighted by atomic mass is 16.1. The summed E-state index contributed by atoms with van der Waals surface area (Å²) >= 11 is 0. The molecule has 1 fully saturated rings. The lowest BCUT2D eigenvalue weighted by Gasteiger charge is -2.31. The predicted molar refractivity (Wildman–Crippen MR) is 125 cm³/mol. The van der Waals surface area contributed by atoms with Gasteiger partial charge in [0.2, 0.25) is 5.91 Å². The Morgan fingerprint density at radius 2 is 1.81 bits per heavy atom. The van der Waals surface area contributed by atoms with Crippen molar-refractivity contribution in [3.05, 3.63) is 84.6 Å². The molecule has 0 atom stereocenters. The van der Waals surface area contributed by atoms with Crippen LogP contribution in [0.1, 0.15) is 18.4 Å². The summed E-state index contributed by atoms with van der Waals surface area (Å²) in [6, 6.07) is 24.9. The molecule has 0 saturated carbocycles. The number of anilines is 1. The summed E-state index contributed by atoms with van der Waals surface area (Å²) in [7, 11) is 0. The van der Waals surface area contributed by atoms with Crippen LogP contribution in [-0.2, 0) is 11.3 Å². The molecule has 0 radical (unpaired) electrons. The number of carbonyl (C=O) groups is 1. The van der Waals surface area contributed by atoms with Crippen molar-refractivity contribution in [1.29, 1.82) is 0 Å². The molecule has 4 aromatic rings. The zero-order valence-electron chi connectivity index (χ0n) is 17.4. The Labute approximate surface area is 182 Å². The maximum atomic E-state index is 12.9. The number of nitrogens with one attached hydrogen (secondary N) is 2. The molecule has 1 aliphatic rings. The second-order valence-corrected chi connectivity index (χ2v) is 8.23. The number of hydrogen-bond acceptors (Lipinski definition) is 3. The second-order valence-electron chi connectivity index (χ2n) is 8.23. The number of fused-ring (bicyclic) bond motifs is 1. The first-order chi connectivity index (χ1) is 15.3. The molecular weight excluding hydrogens is 384 g/mol. The Bertz CT molecular complexity index is 1170. The van der Waals surface area contributed by atoms with Crippen molar-refractivity contribution in [1.82, 2.24) is 15.1 Å². The number of hydrogen-bond donors (Lipinski definition) is 2. The zero-order chi connectivity index (χ0) is 21.0. The van der Waals surface area contributed by atoms with Crippen LogP contribution in [0, 0.1) is 5.92 Å². The quantitative estimate of drug-likeness (QED) is 0.482. The van der Waals surface area contributed by atoms with E-state index in [2.05, 4.69) is 62.9 Å². The van der Waals surface area contributed by atoms with Gasteiger partial charge in [0.15, 0.2) is 0 Å². The average molecular weight is 411 g/mol. The molecule has 1 saturated heterocycles. The molecule has 5 nitrogen and oxygen atoms in total. The number of aromatic nitrogens is 2. The molecule has 0 unspecified atom stereocenters. The lowest BCUT2D eigenvalue weighted by atomic mass is 9.95. The molecule has 1 amide bonds. The number of piperidine rings is 1. The number of aromatic amines is 1. The summed E-state index contributed by atoms with van der Waals surface area (Å²) < 4.78 is 0. The minimum Gasteiger partial charge on any atom is -0.326 e. The van der Waals surface area contributed by atoms with E-state index in [-0.39, 0.29) is 11.8 Å². The molecule has 2 heterocycles. The Kier molecular flexibility index (Phi) is 5.50. The molecular formula is C26H26N4O. The number of H-pyrrole nitrogens is 1. The Morgan fingerprint density at radius 3 is 2.65 bits per heavy atom. The summed E-state index contributed by atoms with van der Waals surface area (Å²) in [6.07, 6.45) is 3.50. The van der Waals surface area contributed by atoms with Gasteiger partial charge in [0.1, 0.15) is 0 Å². The molecule has 156 valence electrons. The van der Waals surface area contributed by atoms with E-state index in [0.29, 0.717) is 0 Å². The van der Waals surface area contributed by atoms with Crippen molar-refractivity contribution in [2.75, 3.05) is 18.4 Å². The van der Waals surface area contributed by atoms with Crippen molar-refractivity contribution >= 4 is 22.4 Å². The normalized spacial score (nSPS) is 15.2. The van der Waals surface area contributed by atoms with Gasteiger partial charge in [-0.15, -0.1) is 0 Å². The summed E-state index contributed by atoms with van der Waals surface area (Å²) in [5.74, 6) is 0.172. The average Bonchev–Trinajstić information content (AvgIpc) is 3.35. The van der Waals surface area contributed by atoms with Crippen LogP contribution in [0.5, 0.6) is 0 Å². The Balaban J connectivity index is 1.19. The van der Waals surface area contributed by atoms with Crippen LogP contribution in [-0.4, -0.2) is 34.1 Å². The lowest BCUT2D eigenvalue weighted by Crippen LogP contribution is -2.37. The molecule has 0 spiro atoms. The number of nitrogens with zero attached hydrogens (tertiary/aromatic N) is 2. The predicted octanol–water partition coefficient (Wildman–Crippen LogP) is 5.08. The van der Waals surface area contributed by atoms with Crippen LogP contribution in [0.25, 0.3) is 22.0 Å². The van der Waals surface area contributed by atoms with Gasteiger partial charge in [-0.25, -0.2) is 0 Å². The van der Waals surface area contributed by atoms with Gasteiger partial charge in [0, 0.05) is 29.9 Å². The molecule has 1 aromatic heterocycles. The van der Waals surface area contributed by atoms with Crippen molar-refractivity contribution in [3.8, 4) is 11.3 Å². The number of benzene rings is 3. The zero-order valence-corrected chi connectivity index (χ0v) is 17.4. The molecule has 1 aliphatic heterocycles. The first kappa shape index (κ1) is 19.5. The summed E-state index contributed by atoms with van der Waals surface area (Å²) in [4.78, 5) is 15.3. The van der Waals surface area contributed by atoms with Gasteiger partial charge in [-0.2, -0.15) is 5.10 Å². The third kappa shape index (κ3) is 4.37. The fraction of sp³-hybridized carbons (Fsp3) is 0.231. The number of amides is 1. The molecule has 31 heavy (non-hydrogen) atoms. The minimum absolute atomic E-state index is 0.0552. The van der Waals surface area contributed by atoms with Gasteiger partial charge < -0.3 is 5.32 Å². The standard InChI is InChI=1S/C26H26N4O/c31-26(28-23-9-4-7-21(17-23)25-11-14-27-29-25)20-12-15-30(16-13-20)18-22-8-3-6-19-5-1-2-10-24(19)22/h1-11,14,17,20H,12-13,15-16,18H2,(H,27,29)(H,28,31). The van der Waals surface area contributed by atoms with Gasteiger partial charge in [-0.3, -0.25) is 14.8 Å². The monoisotopic (exact) mass is 410 g/mol. The second kappa shape index (κ2) is 8.74. The SMILES string of the molecule is O=C(Nc1cccc(-c2ccn[nH]2)c1)C1CCN(Cc2cccc3ccccc23)CC1. The lowest BCUT2D eigenvalue weighted by molar-refractivity contribution is -0.121. The maximum Gasteiger partial charge on any atom is 0.227 e. The fourth-order valence-corrected chi connectivity index (χ4v) is 4.45. The Morgan fingerprint density at radius 1 is 1.00 bits per heavy atom. The molecule has 2 N–H and O–H groups in total. The van der Waals surface area contributed by atoms with Gasteiger partial charge in [-0.05, 0) is 60.5 Å². The smallest absolute Gasteiger partial charge is 0.227 e. The highest BCUT2D eigenvalue weighted by molar-refractivity contribution is 5.93. The van der Waals surface area contributed by atoms with Crippen LogP contribution in [0.2, 0.25) is 0 Å². The molecule has 0 aliphatic carbocycles. The summed E-state index contributed by atoms with van der Waals surface area (Å²) in [5.41, 5.74) is 4.14. The van der Waals surface area contributed by atoms with Crippen molar-refractivity contribution in [2.45, 2.75) is 19.4 Å². The van der Waals surface area contributed by atoms with Crippen LogP contribution in [0.3, 0.4) is 0 Å². The number of rotatable bonds is 5. The minimum atomic E-state index is 0.0552. The molecule has 5 heteroatoms. The fourth-order valence-electron chi connectivity index (χ4n) is 4.45. The van der Waals surface area contributed by atoms with Gasteiger partial charge in [-0.1, -0.05) is 54.6 Å². The largest absolute Gasteiger partial charge is 0.326 e. The maximum absolute atomic E-state index is 12.9. The molecule has 0 bridgehead atoms. The van der Waals surface area contributed by atoms with E-state index in [1.54, 1.807) is 6.20 Å². The van der Waals surface area contributed by atoms with E-state index in [9.17, 15) is 4.79 Å². The van der Waals surface area contributed by atoms with Gasteiger partial charge >= 0.3 is 0 Å². The third-order valence-corrected chi connectivity index (χ3v) is 6.17. The highest BCUT2D eigenvalue weighted by Crippen LogP contribution is 2.25.